The summed E-state index contributed by atoms with van der Waals surface area (Å²) in [5.41, 5.74) is 2.15. The largest absolute Gasteiger partial charge is 0.334 e. The van der Waals surface area contributed by atoms with Gasteiger partial charge in [0.15, 0.2) is 0 Å². The van der Waals surface area contributed by atoms with Gasteiger partial charge in [-0.1, -0.05) is 24.3 Å². The Kier molecular flexibility index (Phi) is 5.64. The summed E-state index contributed by atoms with van der Waals surface area (Å²) in [6, 6.07) is 16.6. The van der Waals surface area contributed by atoms with Gasteiger partial charge in [-0.05, 0) is 55.3 Å². The van der Waals surface area contributed by atoms with E-state index in [2.05, 4.69) is 41.9 Å². The molecular formula is C21H23N3OS2. The second-order valence-corrected chi connectivity index (χ2v) is 8.67. The van der Waals surface area contributed by atoms with Crippen molar-refractivity contribution in [3.63, 3.8) is 0 Å². The van der Waals surface area contributed by atoms with Crippen molar-refractivity contribution >= 4 is 39.3 Å². The van der Waals surface area contributed by atoms with Gasteiger partial charge in [0.2, 0.25) is 0 Å². The molecule has 2 heterocycles. The van der Waals surface area contributed by atoms with Crippen molar-refractivity contribution in [1.29, 1.82) is 0 Å². The van der Waals surface area contributed by atoms with Crippen molar-refractivity contribution in [2.45, 2.75) is 36.7 Å². The summed E-state index contributed by atoms with van der Waals surface area (Å²) in [4.78, 5) is 20.9. The lowest BCUT2D eigenvalue weighted by molar-refractivity contribution is 0.151. The lowest BCUT2D eigenvalue weighted by atomic mass is 10.0. The minimum Gasteiger partial charge on any atom is -0.334 e. The number of nitrogens with zero attached hydrogens (tertiary/aromatic N) is 2. The van der Waals surface area contributed by atoms with Gasteiger partial charge >= 0.3 is 6.03 Å². The molecule has 0 bridgehead atoms. The maximum atomic E-state index is 12.9. The number of benzene rings is 2. The molecule has 1 aliphatic heterocycles. The Morgan fingerprint density at radius 2 is 2.04 bits per heavy atom. The number of nitrogens with one attached hydrogen (secondary N) is 1. The number of rotatable bonds is 4. The van der Waals surface area contributed by atoms with Crippen LogP contribution in [0.3, 0.4) is 0 Å². The smallest absolute Gasteiger partial charge is 0.318 e. The summed E-state index contributed by atoms with van der Waals surface area (Å²) in [6.07, 6.45) is 5.24. The molecule has 4 nitrogen and oxygen atoms in total. The number of likely N-dealkylation sites (tertiary alicyclic amines) is 1. The number of hydrogen-bond acceptors (Lipinski definition) is 4. The zero-order chi connectivity index (χ0) is 18.6. The Labute approximate surface area is 168 Å². The van der Waals surface area contributed by atoms with E-state index in [-0.39, 0.29) is 12.1 Å². The number of thiazole rings is 1. The van der Waals surface area contributed by atoms with Crippen molar-refractivity contribution in [3.8, 4) is 0 Å². The average molecular weight is 398 g/mol. The Balaban J connectivity index is 1.46. The molecule has 0 saturated carbocycles. The Morgan fingerprint density at radius 1 is 1.22 bits per heavy atom. The van der Waals surface area contributed by atoms with Crippen LogP contribution in [0.4, 0.5) is 4.79 Å². The Bertz CT molecular complexity index is 890. The molecule has 0 aliphatic carbocycles. The molecule has 1 aliphatic rings. The fraction of sp³-hybridized carbons (Fsp3) is 0.333. The van der Waals surface area contributed by atoms with Gasteiger partial charge in [-0.2, -0.15) is 0 Å². The van der Waals surface area contributed by atoms with Gasteiger partial charge in [0, 0.05) is 18.0 Å². The van der Waals surface area contributed by atoms with Crippen LogP contribution in [0.15, 0.2) is 53.4 Å². The molecule has 1 saturated heterocycles. The minimum absolute atomic E-state index is 0.00731. The van der Waals surface area contributed by atoms with E-state index in [0.717, 1.165) is 41.9 Å². The molecule has 140 valence electrons. The molecule has 1 atom stereocenters. The fourth-order valence-electron chi connectivity index (χ4n) is 3.49. The van der Waals surface area contributed by atoms with Crippen LogP contribution in [0.1, 0.15) is 35.9 Å². The standard InChI is InChI=1S/C21H23N3OS2/c1-26-16-11-9-15(10-12-16)14-22-21(25)24-13-5-4-7-18(24)20-23-17-6-2-3-8-19(17)27-20/h2-3,6,8-12,18H,4-5,7,13-14H2,1H3,(H,22,25)/t18-/m1/s1. The van der Waals surface area contributed by atoms with Crippen molar-refractivity contribution in [3.05, 3.63) is 59.1 Å². The third-order valence-corrected chi connectivity index (χ3v) is 6.84. The summed E-state index contributed by atoms with van der Waals surface area (Å²) in [5.74, 6) is 0. The van der Waals surface area contributed by atoms with Crippen LogP contribution in [0.2, 0.25) is 0 Å². The third-order valence-electron chi connectivity index (χ3n) is 4.96. The van der Waals surface area contributed by atoms with E-state index in [1.54, 1.807) is 23.1 Å². The van der Waals surface area contributed by atoms with E-state index in [1.165, 1.54) is 9.60 Å². The first-order valence-corrected chi connectivity index (χ1v) is 11.3. The summed E-state index contributed by atoms with van der Waals surface area (Å²) < 4.78 is 1.19. The lowest BCUT2D eigenvalue weighted by Gasteiger charge is -2.34. The topological polar surface area (TPSA) is 45.2 Å². The van der Waals surface area contributed by atoms with Crippen LogP contribution in [-0.2, 0) is 6.54 Å². The molecule has 0 spiro atoms. The van der Waals surface area contributed by atoms with Crippen molar-refractivity contribution < 1.29 is 4.79 Å². The number of carbonyl (C=O) groups is 1. The number of urea groups is 1. The lowest BCUT2D eigenvalue weighted by Crippen LogP contribution is -2.44. The molecule has 3 aromatic rings. The van der Waals surface area contributed by atoms with Gasteiger partial charge < -0.3 is 10.2 Å². The van der Waals surface area contributed by atoms with Gasteiger partial charge in [-0.25, -0.2) is 9.78 Å². The molecular weight excluding hydrogens is 374 g/mol. The van der Waals surface area contributed by atoms with Crippen LogP contribution in [0.5, 0.6) is 0 Å². The number of thioether (sulfide) groups is 1. The first kappa shape index (κ1) is 18.3. The molecule has 6 heteroatoms. The van der Waals surface area contributed by atoms with Crippen molar-refractivity contribution in [1.82, 2.24) is 15.2 Å². The highest BCUT2D eigenvalue weighted by Crippen LogP contribution is 2.35. The van der Waals surface area contributed by atoms with E-state index in [0.29, 0.717) is 6.54 Å². The second-order valence-electron chi connectivity index (χ2n) is 6.73. The van der Waals surface area contributed by atoms with E-state index in [1.807, 2.05) is 23.1 Å². The zero-order valence-electron chi connectivity index (χ0n) is 15.4. The number of fused-ring (bicyclic) bond motifs is 1. The van der Waals surface area contributed by atoms with E-state index < -0.39 is 0 Å². The van der Waals surface area contributed by atoms with Gasteiger partial charge in [0.25, 0.3) is 0 Å². The highest BCUT2D eigenvalue weighted by Gasteiger charge is 2.30. The molecule has 1 aromatic heterocycles. The quantitative estimate of drug-likeness (QED) is 0.595. The first-order chi connectivity index (χ1) is 13.2. The number of hydrogen-bond donors (Lipinski definition) is 1. The molecule has 2 amide bonds. The number of aromatic nitrogens is 1. The average Bonchev–Trinajstić information content (AvgIpc) is 3.16. The van der Waals surface area contributed by atoms with Gasteiger partial charge in [0.1, 0.15) is 5.01 Å². The summed E-state index contributed by atoms with van der Waals surface area (Å²) in [5, 5.41) is 4.15. The molecule has 1 fully saturated rings. The molecule has 4 rings (SSSR count). The predicted molar refractivity (Wildman–Crippen MR) is 113 cm³/mol. The number of carbonyl (C=O) groups excluding carboxylic acids is 1. The summed E-state index contributed by atoms with van der Waals surface area (Å²) >= 11 is 3.43. The monoisotopic (exact) mass is 397 g/mol. The van der Waals surface area contributed by atoms with E-state index in [4.69, 9.17) is 4.98 Å². The summed E-state index contributed by atoms with van der Waals surface area (Å²) in [7, 11) is 0. The van der Waals surface area contributed by atoms with Crippen molar-refractivity contribution in [2.75, 3.05) is 12.8 Å². The van der Waals surface area contributed by atoms with E-state index >= 15 is 0 Å². The van der Waals surface area contributed by atoms with Crippen LogP contribution in [0.25, 0.3) is 10.2 Å². The third kappa shape index (κ3) is 4.12. The number of piperidine rings is 1. The maximum Gasteiger partial charge on any atom is 0.318 e. The molecule has 0 unspecified atom stereocenters. The molecule has 0 radical (unpaired) electrons. The van der Waals surface area contributed by atoms with Crippen molar-refractivity contribution in [2.24, 2.45) is 0 Å². The predicted octanol–water partition coefficient (Wildman–Crippen LogP) is 5.46. The highest BCUT2D eigenvalue weighted by atomic mass is 32.2. The van der Waals surface area contributed by atoms with Gasteiger partial charge in [-0.3, -0.25) is 0 Å². The number of para-hydroxylation sites is 1. The number of amides is 2. The molecule has 27 heavy (non-hydrogen) atoms. The van der Waals surface area contributed by atoms with Crippen LogP contribution in [-0.4, -0.2) is 28.7 Å². The summed E-state index contributed by atoms with van der Waals surface area (Å²) in [6.45, 7) is 1.34. The Hall–Kier alpha value is -2.05. The second kappa shape index (κ2) is 8.31. The maximum absolute atomic E-state index is 12.9. The highest BCUT2D eigenvalue weighted by molar-refractivity contribution is 7.98. The van der Waals surface area contributed by atoms with E-state index in [9.17, 15) is 4.79 Å². The fourth-order valence-corrected chi connectivity index (χ4v) is 5.01. The van der Waals surface area contributed by atoms with Crippen LogP contribution < -0.4 is 5.32 Å². The first-order valence-electron chi connectivity index (χ1n) is 9.27. The normalized spacial score (nSPS) is 17.2. The minimum atomic E-state index is 0.00731. The zero-order valence-corrected chi connectivity index (χ0v) is 17.0. The van der Waals surface area contributed by atoms with Crippen LogP contribution >= 0.6 is 23.1 Å². The Morgan fingerprint density at radius 3 is 2.81 bits per heavy atom. The SMILES string of the molecule is CSc1ccc(CNC(=O)N2CCCC[C@@H]2c2nc3ccccc3s2)cc1. The molecule has 1 N–H and O–H groups in total. The molecule has 2 aromatic carbocycles. The van der Waals surface area contributed by atoms with Crippen LogP contribution in [0, 0.1) is 0 Å². The van der Waals surface area contributed by atoms with Gasteiger partial charge in [0.05, 0.1) is 16.3 Å². The van der Waals surface area contributed by atoms with Gasteiger partial charge in [-0.15, -0.1) is 23.1 Å².